The van der Waals surface area contributed by atoms with Gasteiger partial charge in [0.05, 0.1) is 39.9 Å². The van der Waals surface area contributed by atoms with Gasteiger partial charge in [0, 0.05) is 6.42 Å². The van der Waals surface area contributed by atoms with Crippen LogP contribution in [0.4, 0.5) is 0 Å². The molecule has 0 aliphatic carbocycles. The number of aliphatic hydroxyl groups excluding tert-OH is 1. The fraction of sp³-hybridized carbons (Fsp3) is 0.941. The number of aliphatic hydroxyl groups is 1. The maximum absolute atomic E-state index is 12.9. The van der Waals surface area contributed by atoms with E-state index in [1.807, 2.05) is 21.1 Å². The summed E-state index contributed by atoms with van der Waals surface area (Å²) in [4.78, 5) is 23.2. The summed E-state index contributed by atoms with van der Waals surface area (Å²) in [6, 6.07) is -0.761. The van der Waals surface area contributed by atoms with Crippen LogP contribution in [0.25, 0.3) is 0 Å². The van der Waals surface area contributed by atoms with E-state index in [0.29, 0.717) is 23.9 Å². The monoisotopic (exact) mass is 872 g/mol. The molecule has 0 aromatic carbocycles. The van der Waals surface area contributed by atoms with Gasteiger partial charge < -0.3 is 19.8 Å². The average Bonchev–Trinajstić information content (AvgIpc) is 3.20. The Hall–Kier alpha value is -0.760. The number of nitrogens with zero attached hydrogens (tertiary/aromatic N) is 1. The maximum Gasteiger partial charge on any atom is 0.472 e. The van der Waals surface area contributed by atoms with Gasteiger partial charge in [-0.25, -0.2) is 4.57 Å². The molecule has 3 unspecified atom stereocenters. The van der Waals surface area contributed by atoms with Crippen LogP contribution in [0.1, 0.15) is 258 Å². The molecule has 3 N–H and O–H groups in total. The third-order valence-electron chi connectivity index (χ3n) is 12.0. The summed E-state index contributed by atoms with van der Waals surface area (Å²) in [5, 5.41) is 14.0. The molecule has 60 heavy (non-hydrogen) atoms. The Balaban J connectivity index is 4.07. The first-order valence-corrected chi connectivity index (χ1v) is 27.5. The Morgan fingerprint density at radius 1 is 0.550 bits per heavy atom. The summed E-state index contributed by atoms with van der Waals surface area (Å²) in [5.41, 5.74) is 0. The van der Waals surface area contributed by atoms with Crippen LogP contribution in [0.2, 0.25) is 0 Å². The number of phosphoric acid groups is 1. The van der Waals surface area contributed by atoms with Gasteiger partial charge in [0.1, 0.15) is 13.2 Å². The van der Waals surface area contributed by atoms with Crippen molar-refractivity contribution in [1.29, 1.82) is 0 Å². The third-order valence-corrected chi connectivity index (χ3v) is 13.0. The molecule has 0 saturated heterocycles. The van der Waals surface area contributed by atoms with Crippen molar-refractivity contribution < 1.29 is 32.9 Å². The first-order chi connectivity index (χ1) is 29.0. The smallest absolute Gasteiger partial charge is 0.391 e. The third kappa shape index (κ3) is 45.3. The van der Waals surface area contributed by atoms with Crippen LogP contribution in [0.15, 0.2) is 12.2 Å². The molecular weight excluding hydrogens is 768 g/mol. The van der Waals surface area contributed by atoms with Gasteiger partial charge in [0.15, 0.2) is 0 Å². The number of hydrogen-bond donors (Lipinski definition) is 3. The topological polar surface area (TPSA) is 105 Å². The van der Waals surface area contributed by atoms with Crippen LogP contribution >= 0.6 is 7.82 Å². The number of hydrogen-bond acceptors (Lipinski definition) is 5. The Morgan fingerprint density at radius 3 is 1.33 bits per heavy atom. The SMILES string of the molecule is CCCC/C=C\CCCCCCCC(=O)NC(COP(=O)(O)OCC[N+](C)(C)C)C(O)CCCCCCCCCCCCCCCCCCCCCCCCCCCCC. The number of amides is 1. The molecule has 1 amide bonds. The number of carbonyl (C=O) groups is 1. The van der Waals surface area contributed by atoms with Crippen LogP contribution in [0.3, 0.4) is 0 Å². The molecule has 0 rings (SSSR count). The molecule has 0 saturated carbocycles. The number of unbranched alkanes of at least 4 members (excludes halogenated alkanes) is 33. The summed E-state index contributed by atoms with van der Waals surface area (Å²) in [5.74, 6) is -0.152. The quantitative estimate of drug-likeness (QED) is 0.0243. The molecule has 0 aromatic heterocycles. The van der Waals surface area contributed by atoms with Gasteiger partial charge in [-0.1, -0.05) is 231 Å². The van der Waals surface area contributed by atoms with Gasteiger partial charge in [0.2, 0.25) is 5.91 Å². The van der Waals surface area contributed by atoms with E-state index < -0.39 is 20.0 Å². The predicted molar refractivity (Wildman–Crippen MR) is 259 cm³/mol. The molecule has 0 radical (unpaired) electrons. The van der Waals surface area contributed by atoms with E-state index in [2.05, 4.69) is 31.3 Å². The van der Waals surface area contributed by atoms with E-state index in [0.717, 1.165) is 51.4 Å². The fourth-order valence-corrected chi connectivity index (χ4v) is 8.59. The van der Waals surface area contributed by atoms with E-state index >= 15 is 0 Å². The molecule has 0 spiro atoms. The molecular formula is C51H104N2O6P+. The standard InChI is InChI=1S/C51H103N2O6P/c1-6-8-10-12-14-16-18-19-20-21-22-23-24-25-26-27-28-29-30-31-32-33-35-36-38-40-42-44-50(54)49(48-59-60(56,57)58-47-46-53(3,4)5)52-51(55)45-43-41-39-37-34-17-15-13-11-9-7-2/h13,15,49-50,54H,6-12,14,16-48H2,1-5H3,(H-,52,55,56,57)/p+1/b15-13-. The van der Waals surface area contributed by atoms with Crippen LogP contribution in [0, 0.1) is 0 Å². The zero-order valence-corrected chi connectivity index (χ0v) is 41.6. The summed E-state index contributed by atoms with van der Waals surface area (Å²) >= 11 is 0. The molecule has 9 heteroatoms. The lowest BCUT2D eigenvalue weighted by Gasteiger charge is -2.26. The van der Waals surface area contributed by atoms with Crippen molar-refractivity contribution in [3.8, 4) is 0 Å². The van der Waals surface area contributed by atoms with E-state index in [4.69, 9.17) is 9.05 Å². The number of rotatable bonds is 48. The minimum absolute atomic E-state index is 0.0750. The second kappa shape index (κ2) is 43.5. The van der Waals surface area contributed by atoms with Gasteiger partial charge in [-0.15, -0.1) is 0 Å². The zero-order valence-electron chi connectivity index (χ0n) is 40.7. The highest BCUT2D eigenvalue weighted by atomic mass is 31.2. The van der Waals surface area contributed by atoms with Crippen molar-refractivity contribution in [3.05, 3.63) is 12.2 Å². The number of allylic oxidation sites excluding steroid dienone is 2. The van der Waals surface area contributed by atoms with Crippen molar-refractivity contribution >= 4 is 13.7 Å². The van der Waals surface area contributed by atoms with E-state index in [1.165, 1.54) is 180 Å². The highest BCUT2D eigenvalue weighted by molar-refractivity contribution is 7.47. The summed E-state index contributed by atoms with van der Waals surface area (Å²) in [6.45, 7) is 4.87. The number of phosphoric ester groups is 1. The molecule has 8 nitrogen and oxygen atoms in total. The lowest BCUT2D eigenvalue weighted by atomic mass is 10.0. The normalized spacial score (nSPS) is 14.2. The average molecular weight is 872 g/mol. The van der Waals surface area contributed by atoms with Gasteiger partial charge in [0.25, 0.3) is 0 Å². The summed E-state index contributed by atoms with van der Waals surface area (Å²) in [7, 11) is 1.62. The number of carbonyl (C=O) groups excluding carboxylic acids is 1. The Morgan fingerprint density at radius 2 is 0.917 bits per heavy atom. The van der Waals surface area contributed by atoms with Crippen molar-refractivity contribution in [2.24, 2.45) is 0 Å². The zero-order chi connectivity index (χ0) is 44.3. The lowest BCUT2D eigenvalue weighted by Crippen LogP contribution is -2.46. The molecule has 0 aromatic rings. The first-order valence-electron chi connectivity index (χ1n) is 26.1. The van der Waals surface area contributed by atoms with Crippen LogP contribution < -0.4 is 5.32 Å². The van der Waals surface area contributed by atoms with Crippen LogP contribution in [-0.2, 0) is 18.4 Å². The van der Waals surface area contributed by atoms with E-state index in [1.54, 1.807) is 0 Å². The molecule has 0 aliphatic heterocycles. The van der Waals surface area contributed by atoms with Gasteiger partial charge in [-0.05, 0) is 32.1 Å². The Kier molecular flexibility index (Phi) is 42.9. The Bertz CT molecular complexity index is 989. The number of quaternary nitrogens is 1. The fourth-order valence-electron chi connectivity index (χ4n) is 7.85. The van der Waals surface area contributed by atoms with Crippen LogP contribution in [0.5, 0.6) is 0 Å². The van der Waals surface area contributed by atoms with E-state index in [9.17, 15) is 19.4 Å². The van der Waals surface area contributed by atoms with Gasteiger partial charge >= 0.3 is 7.82 Å². The molecule has 358 valence electrons. The van der Waals surface area contributed by atoms with Crippen molar-refractivity contribution in [2.45, 2.75) is 270 Å². The summed E-state index contributed by atoms with van der Waals surface area (Å²) < 4.78 is 23.7. The molecule has 0 fully saturated rings. The largest absolute Gasteiger partial charge is 0.472 e. The number of likely N-dealkylation sites (N-methyl/N-ethyl adjacent to an activating group) is 1. The molecule has 0 aliphatic rings. The van der Waals surface area contributed by atoms with E-state index in [-0.39, 0.29) is 19.1 Å². The minimum Gasteiger partial charge on any atom is -0.391 e. The highest BCUT2D eigenvalue weighted by Crippen LogP contribution is 2.43. The summed E-state index contributed by atoms with van der Waals surface area (Å²) in [6.07, 6.45) is 51.3. The lowest BCUT2D eigenvalue weighted by molar-refractivity contribution is -0.870. The molecule has 0 bridgehead atoms. The highest BCUT2D eigenvalue weighted by Gasteiger charge is 2.28. The van der Waals surface area contributed by atoms with Gasteiger partial charge in [-0.2, -0.15) is 0 Å². The van der Waals surface area contributed by atoms with Crippen molar-refractivity contribution in [3.63, 3.8) is 0 Å². The first kappa shape index (κ1) is 59.2. The Labute approximate surface area is 373 Å². The van der Waals surface area contributed by atoms with Gasteiger partial charge in [-0.3, -0.25) is 13.8 Å². The van der Waals surface area contributed by atoms with Crippen molar-refractivity contribution in [2.75, 3.05) is 40.9 Å². The minimum atomic E-state index is -4.31. The second-order valence-corrected chi connectivity index (χ2v) is 20.7. The number of nitrogens with one attached hydrogen (secondary N) is 1. The maximum atomic E-state index is 12.9. The van der Waals surface area contributed by atoms with Crippen LogP contribution in [-0.4, -0.2) is 73.4 Å². The van der Waals surface area contributed by atoms with Crippen molar-refractivity contribution in [1.82, 2.24) is 5.32 Å². The second-order valence-electron chi connectivity index (χ2n) is 19.3. The molecule has 3 atom stereocenters. The molecule has 0 heterocycles. The predicted octanol–water partition coefficient (Wildman–Crippen LogP) is 15.1.